The lowest BCUT2D eigenvalue weighted by atomic mass is 9.61. The highest BCUT2D eigenvalue weighted by Gasteiger charge is 2.54. The summed E-state index contributed by atoms with van der Waals surface area (Å²) in [7, 11) is 0. The Labute approximate surface area is 142 Å². The molecule has 3 saturated heterocycles. The molecule has 2 heteroatoms. The summed E-state index contributed by atoms with van der Waals surface area (Å²) in [6.45, 7) is 5.18. The molecule has 2 saturated carbocycles. The van der Waals surface area contributed by atoms with Crippen LogP contribution in [-0.2, 0) is 0 Å². The van der Waals surface area contributed by atoms with Gasteiger partial charge in [-0.05, 0) is 55.9 Å². The number of piperazine rings is 1. The summed E-state index contributed by atoms with van der Waals surface area (Å²) in [6.07, 6.45) is 16.1. The van der Waals surface area contributed by atoms with Gasteiger partial charge in [0.2, 0.25) is 0 Å². The zero-order chi connectivity index (χ0) is 15.4. The van der Waals surface area contributed by atoms with Crippen LogP contribution in [-0.4, -0.2) is 31.2 Å². The molecule has 3 aliphatic heterocycles. The molecule has 0 radical (unpaired) electrons. The Hall–Kier alpha value is -0.340. The highest BCUT2D eigenvalue weighted by Crippen LogP contribution is 2.45. The molecule has 3 heterocycles. The summed E-state index contributed by atoms with van der Waals surface area (Å²) in [4.78, 5) is 1.99. The lowest BCUT2D eigenvalue weighted by molar-refractivity contribution is -0.944. The van der Waals surface area contributed by atoms with E-state index in [-0.39, 0.29) is 0 Å². The van der Waals surface area contributed by atoms with E-state index in [1.165, 1.54) is 58.0 Å². The van der Waals surface area contributed by atoms with Gasteiger partial charge in [-0.15, -0.1) is 0 Å². The number of rotatable bonds is 0. The van der Waals surface area contributed by atoms with E-state index < -0.39 is 0 Å². The first-order valence-corrected chi connectivity index (χ1v) is 10.6. The fraction of sp³-hybridized carbons (Fsp3) is 0.905. The van der Waals surface area contributed by atoms with Crippen molar-refractivity contribution in [3.8, 4) is 0 Å². The first-order chi connectivity index (χ1) is 11.3. The lowest BCUT2D eigenvalue weighted by Gasteiger charge is -2.57. The van der Waals surface area contributed by atoms with Gasteiger partial charge in [0.15, 0.2) is 0 Å². The zero-order valence-corrected chi connectivity index (χ0v) is 14.9. The van der Waals surface area contributed by atoms with Crippen LogP contribution < -0.4 is 10.2 Å². The van der Waals surface area contributed by atoms with Crippen LogP contribution in [0.1, 0.15) is 64.7 Å². The van der Waals surface area contributed by atoms with Crippen LogP contribution in [0.15, 0.2) is 11.6 Å². The third kappa shape index (κ3) is 2.35. The first kappa shape index (κ1) is 15.0. The van der Waals surface area contributed by atoms with Crippen LogP contribution in [0.3, 0.4) is 0 Å². The molecule has 23 heavy (non-hydrogen) atoms. The maximum Gasteiger partial charge on any atom is 0.104 e. The van der Waals surface area contributed by atoms with E-state index >= 15 is 0 Å². The molecule has 8 atom stereocenters. The lowest BCUT2D eigenvalue weighted by Crippen LogP contribution is -3.22. The minimum Gasteiger partial charge on any atom is -0.329 e. The van der Waals surface area contributed by atoms with Gasteiger partial charge in [0, 0.05) is 12.3 Å². The van der Waals surface area contributed by atoms with Gasteiger partial charge >= 0.3 is 0 Å². The SMILES string of the molecule is CC=C1C2C[NH+]3CC4CCCCC4CC3C(N2)C2CCCCC12. The molecule has 0 spiro atoms. The minimum atomic E-state index is 0.704. The van der Waals surface area contributed by atoms with E-state index in [1.807, 2.05) is 4.90 Å². The van der Waals surface area contributed by atoms with Crippen molar-refractivity contribution in [1.29, 1.82) is 0 Å². The second-order valence-corrected chi connectivity index (χ2v) is 9.30. The summed E-state index contributed by atoms with van der Waals surface area (Å²) < 4.78 is 0. The molecule has 0 aromatic rings. The zero-order valence-electron chi connectivity index (χ0n) is 14.9. The van der Waals surface area contributed by atoms with Gasteiger partial charge in [0.1, 0.15) is 6.04 Å². The van der Waals surface area contributed by atoms with Crippen molar-refractivity contribution in [2.75, 3.05) is 13.1 Å². The predicted molar refractivity (Wildman–Crippen MR) is 94.5 cm³/mol. The van der Waals surface area contributed by atoms with E-state index in [2.05, 4.69) is 18.3 Å². The summed E-state index contributed by atoms with van der Waals surface area (Å²) in [5, 5.41) is 4.16. The Balaban J connectivity index is 1.44. The molecule has 5 fully saturated rings. The minimum absolute atomic E-state index is 0.704. The fourth-order valence-corrected chi connectivity index (χ4v) is 7.46. The number of hydrogen-bond acceptors (Lipinski definition) is 1. The molecular weight excluding hydrogens is 280 g/mol. The van der Waals surface area contributed by atoms with E-state index in [0.717, 1.165) is 35.8 Å². The molecule has 5 aliphatic rings. The van der Waals surface area contributed by atoms with Crippen molar-refractivity contribution in [3.63, 3.8) is 0 Å². The van der Waals surface area contributed by atoms with Gasteiger partial charge in [-0.3, -0.25) is 5.32 Å². The van der Waals surface area contributed by atoms with E-state index in [0.29, 0.717) is 6.04 Å². The second-order valence-electron chi connectivity index (χ2n) is 9.30. The van der Waals surface area contributed by atoms with Gasteiger partial charge in [-0.1, -0.05) is 31.8 Å². The normalized spacial score (nSPS) is 54.0. The summed E-state index contributed by atoms with van der Waals surface area (Å²) in [6, 6.07) is 2.48. The number of hydrogen-bond donors (Lipinski definition) is 2. The molecular formula is C21H35N2+. The Bertz CT molecular complexity index is 484. The molecule has 2 bridgehead atoms. The number of nitrogens with one attached hydrogen (secondary N) is 2. The van der Waals surface area contributed by atoms with Crippen molar-refractivity contribution in [1.82, 2.24) is 5.32 Å². The summed E-state index contributed by atoms with van der Waals surface area (Å²) in [5.74, 6) is 4.01. The number of fused-ring (bicyclic) bond motifs is 7. The second kappa shape index (κ2) is 5.88. The quantitative estimate of drug-likeness (QED) is 0.657. The van der Waals surface area contributed by atoms with Crippen molar-refractivity contribution in [3.05, 3.63) is 11.6 Å². The average molecular weight is 316 g/mol. The number of allylic oxidation sites excluding steroid dienone is 1. The maximum atomic E-state index is 4.16. The number of piperidine rings is 2. The van der Waals surface area contributed by atoms with E-state index in [4.69, 9.17) is 0 Å². The van der Waals surface area contributed by atoms with Crippen molar-refractivity contribution >= 4 is 0 Å². The predicted octanol–water partition coefficient (Wildman–Crippen LogP) is 2.56. The maximum absolute atomic E-state index is 4.16. The highest BCUT2D eigenvalue weighted by atomic mass is 15.3. The standard InChI is InChI=1S/C21H34N2/c1-2-16-17-9-5-6-10-18(17)21-20-11-14-7-3-4-8-15(14)12-23(20)13-19(16)22-21/h2,14-15,17-22H,3-13H2,1H3/p+1. The third-order valence-corrected chi connectivity index (χ3v) is 8.41. The molecule has 0 aromatic carbocycles. The monoisotopic (exact) mass is 315 g/mol. The molecule has 8 unspecified atom stereocenters. The van der Waals surface area contributed by atoms with Crippen molar-refractivity contribution in [2.24, 2.45) is 23.7 Å². The van der Waals surface area contributed by atoms with Crippen LogP contribution in [0.25, 0.3) is 0 Å². The molecule has 2 nitrogen and oxygen atoms in total. The smallest absolute Gasteiger partial charge is 0.104 e. The fourth-order valence-electron chi connectivity index (χ4n) is 7.46. The Kier molecular flexibility index (Phi) is 3.82. The molecule has 0 amide bonds. The van der Waals surface area contributed by atoms with Crippen LogP contribution in [0.4, 0.5) is 0 Å². The molecule has 2 N–H and O–H groups in total. The number of quaternary nitrogens is 1. The van der Waals surface area contributed by atoms with E-state index in [1.54, 1.807) is 18.4 Å². The van der Waals surface area contributed by atoms with Crippen LogP contribution in [0.5, 0.6) is 0 Å². The van der Waals surface area contributed by atoms with Gasteiger partial charge in [-0.2, -0.15) is 0 Å². The van der Waals surface area contributed by atoms with Gasteiger partial charge in [-0.25, -0.2) is 0 Å². The molecule has 5 rings (SSSR count). The average Bonchev–Trinajstić information content (AvgIpc) is 2.60. The summed E-state index contributed by atoms with van der Waals surface area (Å²) >= 11 is 0. The highest BCUT2D eigenvalue weighted by molar-refractivity contribution is 5.23. The Morgan fingerprint density at radius 2 is 1.74 bits per heavy atom. The van der Waals surface area contributed by atoms with Crippen LogP contribution in [0.2, 0.25) is 0 Å². The Morgan fingerprint density at radius 3 is 2.61 bits per heavy atom. The first-order valence-electron chi connectivity index (χ1n) is 10.6. The van der Waals surface area contributed by atoms with Gasteiger partial charge < -0.3 is 4.90 Å². The molecule has 0 aromatic heterocycles. The molecule has 2 aliphatic carbocycles. The Morgan fingerprint density at radius 1 is 0.957 bits per heavy atom. The van der Waals surface area contributed by atoms with Crippen LogP contribution >= 0.6 is 0 Å². The van der Waals surface area contributed by atoms with E-state index in [9.17, 15) is 0 Å². The summed E-state index contributed by atoms with van der Waals surface area (Å²) in [5.41, 5.74) is 1.79. The topological polar surface area (TPSA) is 16.5 Å². The third-order valence-electron chi connectivity index (χ3n) is 8.41. The van der Waals surface area contributed by atoms with Crippen molar-refractivity contribution < 1.29 is 4.90 Å². The van der Waals surface area contributed by atoms with Gasteiger partial charge in [0.25, 0.3) is 0 Å². The molecule has 128 valence electrons. The van der Waals surface area contributed by atoms with Crippen molar-refractivity contribution in [2.45, 2.75) is 82.8 Å². The van der Waals surface area contributed by atoms with Crippen LogP contribution in [0, 0.1) is 23.7 Å². The largest absolute Gasteiger partial charge is 0.329 e. The van der Waals surface area contributed by atoms with Gasteiger partial charge in [0.05, 0.1) is 25.2 Å².